The SMILES string of the molecule is CC(C)CNC(=O)C1CCN(C(=O)COc2ccc(Cl)cc2)CC1. The second kappa shape index (κ2) is 8.92. The molecule has 0 aromatic heterocycles. The van der Waals surface area contributed by atoms with Gasteiger partial charge in [0.25, 0.3) is 5.91 Å². The summed E-state index contributed by atoms with van der Waals surface area (Å²) in [6.07, 6.45) is 1.41. The number of rotatable bonds is 6. The number of halogens is 1. The van der Waals surface area contributed by atoms with Gasteiger partial charge in [0, 0.05) is 30.6 Å². The first-order valence-corrected chi connectivity index (χ1v) is 8.77. The summed E-state index contributed by atoms with van der Waals surface area (Å²) in [6.45, 7) is 6.05. The molecule has 1 aromatic carbocycles. The zero-order valence-corrected chi connectivity index (χ0v) is 15.0. The van der Waals surface area contributed by atoms with E-state index in [-0.39, 0.29) is 24.3 Å². The zero-order chi connectivity index (χ0) is 17.5. The number of benzene rings is 1. The summed E-state index contributed by atoms with van der Waals surface area (Å²) in [5.41, 5.74) is 0. The fourth-order valence-electron chi connectivity index (χ4n) is 2.61. The number of carbonyl (C=O) groups excluding carboxylic acids is 2. The fourth-order valence-corrected chi connectivity index (χ4v) is 2.73. The van der Waals surface area contributed by atoms with Crippen molar-refractivity contribution in [3.63, 3.8) is 0 Å². The highest BCUT2D eigenvalue weighted by atomic mass is 35.5. The molecule has 24 heavy (non-hydrogen) atoms. The third-order valence-electron chi connectivity index (χ3n) is 4.08. The highest BCUT2D eigenvalue weighted by Crippen LogP contribution is 2.19. The number of likely N-dealkylation sites (tertiary alicyclic amines) is 1. The van der Waals surface area contributed by atoms with Crippen molar-refractivity contribution in [2.24, 2.45) is 11.8 Å². The number of nitrogens with zero attached hydrogens (tertiary/aromatic N) is 1. The summed E-state index contributed by atoms with van der Waals surface area (Å²) in [5.74, 6) is 1.13. The topological polar surface area (TPSA) is 58.6 Å². The number of hydrogen-bond donors (Lipinski definition) is 1. The normalized spacial score (nSPS) is 15.4. The lowest BCUT2D eigenvalue weighted by molar-refractivity contribution is -0.137. The maximum Gasteiger partial charge on any atom is 0.260 e. The molecule has 132 valence electrons. The van der Waals surface area contributed by atoms with E-state index in [0.29, 0.717) is 49.2 Å². The average Bonchev–Trinajstić information content (AvgIpc) is 2.59. The van der Waals surface area contributed by atoms with Crippen LogP contribution in [0.3, 0.4) is 0 Å². The van der Waals surface area contributed by atoms with Crippen LogP contribution >= 0.6 is 11.6 Å². The van der Waals surface area contributed by atoms with E-state index in [2.05, 4.69) is 19.2 Å². The molecule has 0 spiro atoms. The van der Waals surface area contributed by atoms with Crippen molar-refractivity contribution in [1.29, 1.82) is 0 Å². The van der Waals surface area contributed by atoms with E-state index in [0.717, 1.165) is 0 Å². The van der Waals surface area contributed by atoms with Crippen molar-refractivity contribution in [1.82, 2.24) is 10.2 Å². The molecule has 0 saturated carbocycles. The van der Waals surface area contributed by atoms with Gasteiger partial charge in [0.15, 0.2) is 6.61 Å². The summed E-state index contributed by atoms with van der Waals surface area (Å²) < 4.78 is 5.49. The Morgan fingerprint density at radius 3 is 2.46 bits per heavy atom. The summed E-state index contributed by atoms with van der Waals surface area (Å²) in [7, 11) is 0. The van der Waals surface area contributed by atoms with Gasteiger partial charge < -0.3 is 15.0 Å². The Hall–Kier alpha value is -1.75. The van der Waals surface area contributed by atoms with Gasteiger partial charge in [0.2, 0.25) is 5.91 Å². The number of piperidine rings is 1. The van der Waals surface area contributed by atoms with E-state index in [9.17, 15) is 9.59 Å². The van der Waals surface area contributed by atoms with Gasteiger partial charge in [-0.25, -0.2) is 0 Å². The van der Waals surface area contributed by atoms with E-state index < -0.39 is 0 Å². The molecule has 1 saturated heterocycles. The van der Waals surface area contributed by atoms with Crippen molar-refractivity contribution in [3.05, 3.63) is 29.3 Å². The van der Waals surface area contributed by atoms with Crippen LogP contribution in [0.25, 0.3) is 0 Å². The van der Waals surface area contributed by atoms with Crippen LogP contribution in [0.1, 0.15) is 26.7 Å². The maximum atomic E-state index is 12.2. The van der Waals surface area contributed by atoms with Crippen LogP contribution in [-0.2, 0) is 9.59 Å². The number of amides is 2. The molecular formula is C18H25ClN2O3. The monoisotopic (exact) mass is 352 g/mol. The average molecular weight is 353 g/mol. The van der Waals surface area contributed by atoms with Crippen molar-refractivity contribution >= 4 is 23.4 Å². The van der Waals surface area contributed by atoms with E-state index >= 15 is 0 Å². The quantitative estimate of drug-likeness (QED) is 0.856. The number of ether oxygens (including phenoxy) is 1. The van der Waals surface area contributed by atoms with Gasteiger partial charge >= 0.3 is 0 Å². The molecular weight excluding hydrogens is 328 g/mol. The Morgan fingerprint density at radius 1 is 1.25 bits per heavy atom. The first-order valence-electron chi connectivity index (χ1n) is 8.39. The molecule has 0 atom stereocenters. The summed E-state index contributed by atoms with van der Waals surface area (Å²) in [5, 5.41) is 3.60. The minimum absolute atomic E-state index is 0.00461. The second-order valence-corrected chi connectivity index (χ2v) is 6.97. The number of carbonyl (C=O) groups is 2. The van der Waals surface area contributed by atoms with E-state index in [1.54, 1.807) is 29.2 Å². The molecule has 1 aliphatic heterocycles. The molecule has 1 heterocycles. The van der Waals surface area contributed by atoms with Crippen LogP contribution in [0, 0.1) is 11.8 Å². The van der Waals surface area contributed by atoms with Crippen LogP contribution in [0.2, 0.25) is 5.02 Å². The summed E-state index contributed by atoms with van der Waals surface area (Å²) >= 11 is 5.81. The molecule has 1 aromatic rings. The molecule has 5 nitrogen and oxygen atoms in total. The van der Waals surface area contributed by atoms with Gasteiger partial charge in [-0.05, 0) is 43.0 Å². The van der Waals surface area contributed by atoms with Gasteiger partial charge in [0.05, 0.1) is 0 Å². The minimum atomic E-state index is -0.0500. The smallest absolute Gasteiger partial charge is 0.260 e. The molecule has 6 heteroatoms. The van der Waals surface area contributed by atoms with Crippen LogP contribution in [0.15, 0.2) is 24.3 Å². The van der Waals surface area contributed by atoms with E-state index in [1.807, 2.05) is 0 Å². The molecule has 1 fully saturated rings. The van der Waals surface area contributed by atoms with Crippen LogP contribution in [-0.4, -0.2) is 43.0 Å². The number of hydrogen-bond acceptors (Lipinski definition) is 3. The van der Waals surface area contributed by atoms with Crippen molar-refractivity contribution in [3.8, 4) is 5.75 Å². The van der Waals surface area contributed by atoms with Gasteiger partial charge in [-0.3, -0.25) is 9.59 Å². The predicted molar refractivity (Wildman–Crippen MR) is 94.1 cm³/mol. The molecule has 1 N–H and O–H groups in total. The third kappa shape index (κ3) is 5.71. The van der Waals surface area contributed by atoms with Gasteiger partial charge in [0.1, 0.15) is 5.75 Å². The fraction of sp³-hybridized carbons (Fsp3) is 0.556. The van der Waals surface area contributed by atoms with E-state index in [1.165, 1.54) is 0 Å². The molecule has 0 bridgehead atoms. The Bertz CT molecular complexity index is 552. The molecule has 0 unspecified atom stereocenters. The first kappa shape index (κ1) is 18.6. The third-order valence-corrected chi connectivity index (χ3v) is 4.33. The van der Waals surface area contributed by atoms with Crippen LogP contribution in [0.4, 0.5) is 0 Å². The molecule has 0 radical (unpaired) electrons. The molecule has 2 amide bonds. The van der Waals surface area contributed by atoms with Crippen molar-refractivity contribution in [2.75, 3.05) is 26.2 Å². The lowest BCUT2D eigenvalue weighted by atomic mass is 9.95. The number of nitrogens with one attached hydrogen (secondary N) is 1. The van der Waals surface area contributed by atoms with Crippen molar-refractivity contribution < 1.29 is 14.3 Å². The molecule has 0 aliphatic carbocycles. The highest BCUT2D eigenvalue weighted by Gasteiger charge is 2.27. The Balaban J connectivity index is 1.72. The van der Waals surface area contributed by atoms with Crippen LogP contribution < -0.4 is 10.1 Å². The summed E-state index contributed by atoms with van der Waals surface area (Å²) in [4.78, 5) is 26.0. The minimum Gasteiger partial charge on any atom is -0.484 e. The maximum absolute atomic E-state index is 12.2. The first-order chi connectivity index (χ1) is 11.5. The van der Waals surface area contributed by atoms with E-state index in [4.69, 9.17) is 16.3 Å². The molecule has 2 rings (SSSR count). The van der Waals surface area contributed by atoms with Crippen molar-refractivity contribution in [2.45, 2.75) is 26.7 Å². The summed E-state index contributed by atoms with van der Waals surface area (Å²) in [6, 6.07) is 6.92. The Kier molecular flexibility index (Phi) is 6.91. The Labute approximate surface area is 148 Å². The largest absolute Gasteiger partial charge is 0.484 e. The Morgan fingerprint density at radius 2 is 1.88 bits per heavy atom. The predicted octanol–water partition coefficient (Wildman–Crippen LogP) is 2.73. The van der Waals surface area contributed by atoms with Gasteiger partial charge in [-0.15, -0.1) is 0 Å². The van der Waals surface area contributed by atoms with Gasteiger partial charge in [-0.2, -0.15) is 0 Å². The zero-order valence-electron chi connectivity index (χ0n) is 14.3. The highest BCUT2D eigenvalue weighted by molar-refractivity contribution is 6.30. The second-order valence-electron chi connectivity index (χ2n) is 6.54. The molecule has 1 aliphatic rings. The van der Waals surface area contributed by atoms with Gasteiger partial charge in [-0.1, -0.05) is 25.4 Å². The lowest BCUT2D eigenvalue weighted by Gasteiger charge is -2.31. The standard InChI is InChI=1S/C18H25ClN2O3/c1-13(2)11-20-18(23)14-7-9-21(10-8-14)17(22)12-24-16-5-3-15(19)4-6-16/h3-6,13-14H,7-12H2,1-2H3,(H,20,23). The lowest BCUT2D eigenvalue weighted by Crippen LogP contribution is -2.45. The van der Waals surface area contributed by atoms with Crippen LogP contribution in [0.5, 0.6) is 5.75 Å².